The molecule has 0 amide bonds. The lowest BCUT2D eigenvalue weighted by Crippen LogP contribution is -2.40. The van der Waals surface area contributed by atoms with Gasteiger partial charge in [0.05, 0.1) is 11.5 Å². The van der Waals surface area contributed by atoms with Crippen LogP contribution in [0.1, 0.15) is 45.7 Å². The molecule has 0 unspecified atom stereocenters. The molecule has 7 nitrogen and oxygen atoms in total. The number of carbonyl (C=O) groups excluding carboxylic acids is 2. The smallest absolute Gasteiger partial charge is 0.193 e. The minimum atomic E-state index is -3.91. The van der Waals surface area contributed by atoms with E-state index in [0.717, 1.165) is 16.9 Å². The van der Waals surface area contributed by atoms with Gasteiger partial charge in [-0.3, -0.25) is 9.59 Å². The van der Waals surface area contributed by atoms with Crippen LogP contribution in [-0.4, -0.2) is 50.1 Å². The predicted octanol–water partition coefficient (Wildman–Crippen LogP) is 5.80. The van der Waals surface area contributed by atoms with Crippen molar-refractivity contribution in [3.8, 4) is 5.75 Å². The van der Waals surface area contributed by atoms with Gasteiger partial charge in [-0.2, -0.15) is 0 Å². The molecule has 4 aromatic rings. The third kappa shape index (κ3) is 6.24. The molecular weight excluding hydrogens is 538 g/mol. The van der Waals surface area contributed by atoms with Crippen molar-refractivity contribution >= 4 is 32.8 Å². The highest BCUT2D eigenvalue weighted by molar-refractivity contribution is 7.93. The molecular formula is C33H33NO6S. The Morgan fingerprint density at radius 3 is 1.71 bits per heavy atom. The van der Waals surface area contributed by atoms with E-state index in [1.807, 2.05) is 31.0 Å². The molecule has 0 saturated carbocycles. The number of Topliss-reactive ketones (excluding diaryl/α,β-unsaturated/α-hetero) is 1. The first kappa shape index (κ1) is 29.7. The van der Waals surface area contributed by atoms with Gasteiger partial charge in [0, 0.05) is 35.1 Å². The average molecular weight is 572 g/mol. The van der Waals surface area contributed by atoms with E-state index >= 15 is 0 Å². The van der Waals surface area contributed by atoms with Gasteiger partial charge in [0.2, 0.25) is 0 Å². The van der Waals surface area contributed by atoms with Gasteiger partial charge >= 0.3 is 0 Å². The van der Waals surface area contributed by atoms with Gasteiger partial charge in [-0.15, -0.1) is 0 Å². The topological polar surface area (TPSA) is 101 Å². The molecule has 1 N–H and O–H groups in total. The maximum atomic E-state index is 13.3. The van der Waals surface area contributed by atoms with Crippen LogP contribution in [-0.2, 0) is 9.84 Å². The molecule has 0 heterocycles. The molecule has 0 bridgehead atoms. The Balaban J connectivity index is 1.47. The van der Waals surface area contributed by atoms with Crippen LogP contribution in [0.15, 0.2) is 102 Å². The van der Waals surface area contributed by atoms with E-state index in [4.69, 9.17) is 9.84 Å². The zero-order chi connectivity index (χ0) is 29.8. The first-order valence-electron chi connectivity index (χ1n) is 13.1. The van der Waals surface area contributed by atoms with Gasteiger partial charge in [0.25, 0.3) is 0 Å². The summed E-state index contributed by atoms with van der Waals surface area (Å²) in [6, 6.07) is 27.2. The summed E-state index contributed by atoms with van der Waals surface area (Å²) in [6.07, 6.45) is 0. The normalized spacial score (nSPS) is 11.6. The standard InChI is InChI=1S/C33H33NO6S/c1-23-5-19-30(20-6-23)41(38,39)33(2,3)32(37)26-9-15-28(16-10-26)34(4)27-13-7-24(8-14-27)31(36)25-11-17-29(18-12-25)40-22-21-35/h5-20,35H,21-22H2,1-4H3. The molecule has 4 aromatic carbocycles. The van der Waals surface area contributed by atoms with Crippen LogP contribution >= 0.6 is 0 Å². The van der Waals surface area contributed by atoms with Crippen molar-refractivity contribution in [3.05, 3.63) is 119 Å². The Labute approximate surface area is 241 Å². The van der Waals surface area contributed by atoms with Crippen molar-refractivity contribution in [1.29, 1.82) is 0 Å². The molecule has 8 heteroatoms. The number of aryl methyl sites for hydroxylation is 1. The summed E-state index contributed by atoms with van der Waals surface area (Å²) < 4.78 is 30.3. The molecule has 0 spiro atoms. The number of ether oxygens (including phenoxy) is 1. The van der Waals surface area contributed by atoms with Crippen LogP contribution in [0.5, 0.6) is 5.75 Å². The lowest BCUT2D eigenvalue weighted by Gasteiger charge is -2.24. The highest BCUT2D eigenvalue weighted by Gasteiger charge is 2.43. The van der Waals surface area contributed by atoms with Crippen LogP contribution < -0.4 is 9.64 Å². The number of hydrogen-bond acceptors (Lipinski definition) is 7. The second kappa shape index (κ2) is 12.1. The van der Waals surface area contributed by atoms with E-state index in [1.165, 1.54) is 26.0 Å². The monoisotopic (exact) mass is 571 g/mol. The molecule has 0 saturated heterocycles. The summed E-state index contributed by atoms with van der Waals surface area (Å²) in [4.78, 5) is 28.3. The van der Waals surface area contributed by atoms with Crippen molar-refractivity contribution < 1.29 is 27.9 Å². The summed E-state index contributed by atoms with van der Waals surface area (Å²) in [6.45, 7) is 4.85. The number of anilines is 2. The minimum absolute atomic E-state index is 0.0826. The van der Waals surface area contributed by atoms with E-state index in [-0.39, 0.29) is 23.9 Å². The fourth-order valence-corrected chi connectivity index (χ4v) is 5.78. The van der Waals surface area contributed by atoms with Crippen LogP contribution in [0.3, 0.4) is 0 Å². The highest BCUT2D eigenvalue weighted by atomic mass is 32.2. The molecule has 0 radical (unpaired) electrons. The number of aliphatic hydroxyl groups is 1. The van der Waals surface area contributed by atoms with Crippen LogP contribution in [0, 0.1) is 6.92 Å². The van der Waals surface area contributed by atoms with Crippen LogP contribution in [0.2, 0.25) is 0 Å². The molecule has 0 aliphatic carbocycles. The van der Waals surface area contributed by atoms with Gasteiger partial charge in [0.1, 0.15) is 17.1 Å². The fraction of sp³-hybridized carbons (Fsp3) is 0.212. The van der Waals surface area contributed by atoms with Crippen molar-refractivity contribution in [3.63, 3.8) is 0 Å². The second-order valence-corrected chi connectivity index (χ2v) is 12.7. The lowest BCUT2D eigenvalue weighted by atomic mass is 10.00. The number of rotatable bonds is 11. The van der Waals surface area contributed by atoms with E-state index < -0.39 is 20.4 Å². The van der Waals surface area contributed by atoms with Gasteiger partial charge in [-0.25, -0.2) is 8.42 Å². The summed E-state index contributed by atoms with van der Waals surface area (Å²) in [5.74, 6) is -0.0288. The van der Waals surface area contributed by atoms with Gasteiger partial charge in [-0.1, -0.05) is 17.7 Å². The summed E-state index contributed by atoms with van der Waals surface area (Å²) >= 11 is 0. The van der Waals surface area contributed by atoms with Crippen molar-refractivity contribution in [1.82, 2.24) is 0 Å². The zero-order valence-corrected chi connectivity index (χ0v) is 24.3. The van der Waals surface area contributed by atoms with Crippen LogP contribution in [0.25, 0.3) is 0 Å². The third-order valence-corrected chi connectivity index (χ3v) is 9.48. The molecule has 0 atom stereocenters. The molecule has 0 fully saturated rings. The maximum Gasteiger partial charge on any atom is 0.193 e. The Morgan fingerprint density at radius 2 is 1.22 bits per heavy atom. The Bertz CT molecular complexity index is 1620. The number of aliphatic hydroxyl groups excluding tert-OH is 1. The van der Waals surface area contributed by atoms with Gasteiger partial charge in [-0.05, 0) is 106 Å². The van der Waals surface area contributed by atoms with Gasteiger partial charge < -0.3 is 14.7 Å². The zero-order valence-electron chi connectivity index (χ0n) is 23.5. The maximum absolute atomic E-state index is 13.3. The Hall–Kier alpha value is -4.27. The SMILES string of the molecule is Cc1ccc(S(=O)(=O)C(C)(C)C(=O)c2ccc(N(C)c3ccc(C(=O)c4ccc(OCCO)cc4)cc3)cc2)cc1. The van der Waals surface area contributed by atoms with E-state index in [9.17, 15) is 18.0 Å². The molecule has 0 aliphatic rings. The highest BCUT2D eigenvalue weighted by Crippen LogP contribution is 2.31. The molecule has 41 heavy (non-hydrogen) atoms. The van der Waals surface area contributed by atoms with Crippen molar-refractivity contribution in [2.45, 2.75) is 30.4 Å². The fourth-order valence-electron chi connectivity index (χ4n) is 4.34. The lowest BCUT2D eigenvalue weighted by molar-refractivity contribution is 0.0953. The average Bonchev–Trinajstić information content (AvgIpc) is 2.99. The van der Waals surface area contributed by atoms with E-state index in [2.05, 4.69) is 0 Å². The Morgan fingerprint density at radius 1 is 0.756 bits per heavy atom. The molecule has 212 valence electrons. The van der Waals surface area contributed by atoms with Crippen LogP contribution in [0.4, 0.5) is 11.4 Å². The quantitative estimate of drug-likeness (QED) is 0.227. The predicted molar refractivity (Wildman–Crippen MR) is 160 cm³/mol. The number of carbonyl (C=O) groups is 2. The van der Waals surface area contributed by atoms with E-state index in [1.54, 1.807) is 72.8 Å². The molecule has 0 aliphatic heterocycles. The van der Waals surface area contributed by atoms with Crippen molar-refractivity contribution in [2.24, 2.45) is 0 Å². The van der Waals surface area contributed by atoms with Gasteiger partial charge in [0.15, 0.2) is 21.4 Å². The van der Waals surface area contributed by atoms with E-state index in [0.29, 0.717) is 22.4 Å². The van der Waals surface area contributed by atoms with Crippen molar-refractivity contribution in [2.75, 3.05) is 25.2 Å². The molecule has 0 aromatic heterocycles. The summed E-state index contributed by atoms with van der Waals surface area (Å²) in [7, 11) is -2.05. The second-order valence-electron chi connectivity index (χ2n) is 10.2. The number of benzene rings is 4. The minimum Gasteiger partial charge on any atom is -0.491 e. The third-order valence-electron chi connectivity index (χ3n) is 7.06. The first-order chi connectivity index (χ1) is 19.5. The largest absolute Gasteiger partial charge is 0.491 e. The summed E-state index contributed by atoms with van der Waals surface area (Å²) in [5, 5.41) is 8.87. The number of ketones is 2. The number of nitrogens with zero attached hydrogens (tertiary/aromatic N) is 1. The number of sulfone groups is 1. The molecule has 4 rings (SSSR count). The Kier molecular flexibility index (Phi) is 8.75. The first-order valence-corrected chi connectivity index (χ1v) is 14.6. The summed E-state index contributed by atoms with van der Waals surface area (Å²) in [5.41, 5.74) is 3.91. The number of hydrogen-bond donors (Lipinski definition) is 1.